The van der Waals surface area contributed by atoms with Gasteiger partial charge < -0.3 is 14.5 Å². The lowest BCUT2D eigenvalue weighted by Gasteiger charge is -2.36. The predicted octanol–water partition coefficient (Wildman–Crippen LogP) is 2.68. The molecule has 3 aliphatic rings. The molecule has 0 aliphatic carbocycles. The number of halogens is 1. The topological polar surface area (TPSA) is 116 Å². The van der Waals surface area contributed by atoms with Crippen molar-refractivity contribution >= 4 is 33.4 Å². The lowest BCUT2D eigenvalue weighted by atomic mass is 10.0. The number of imide groups is 1. The van der Waals surface area contributed by atoms with Crippen LogP contribution in [0.1, 0.15) is 34.3 Å². The Morgan fingerprint density at radius 1 is 0.929 bits per heavy atom. The number of hydrogen-bond acceptors (Lipinski definition) is 7. The van der Waals surface area contributed by atoms with Crippen LogP contribution in [0.2, 0.25) is 0 Å². The van der Waals surface area contributed by atoms with E-state index in [9.17, 15) is 27.2 Å². The van der Waals surface area contributed by atoms with Gasteiger partial charge in [0.15, 0.2) is 0 Å². The fourth-order valence-electron chi connectivity index (χ4n) is 5.66. The van der Waals surface area contributed by atoms with Crippen molar-refractivity contribution in [1.29, 1.82) is 0 Å². The van der Waals surface area contributed by atoms with Crippen molar-refractivity contribution < 1.29 is 31.9 Å². The molecule has 2 fully saturated rings. The van der Waals surface area contributed by atoms with E-state index in [1.165, 1.54) is 33.5 Å². The average molecular weight is 593 g/mol. The Morgan fingerprint density at radius 2 is 1.64 bits per heavy atom. The molecule has 2 saturated heterocycles. The molecule has 6 rings (SSSR count). The number of carbonyl (C=O) groups is 3. The van der Waals surface area contributed by atoms with Crippen LogP contribution >= 0.6 is 0 Å². The number of nitrogens with zero attached hydrogens (tertiary/aromatic N) is 3. The number of piperidine rings is 1. The third-order valence-corrected chi connectivity index (χ3v) is 9.80. The van der Waals surface area contributed by atoms with Crippen LogP contribution in [0.25, 0.3) is 0 Å². The number of carbonyl (C=O) groups excluding carboxylic acids is 3. The molecule has 12 heteroatoms. The number of fused-ring (bicyclic) bond motifs is 1. The Labute approximate surface area is 242 Å². The zero-order chi connectivity index (χ0) is 29.4. The summed E-state index contributed by atoms with van der Waals surface area (Å²) in [6.45, 7) is 1.40. The first-order chi connectivity index (χ1) is 20.2. The standard InChI is InChI=1S/C30H29FN4O6S/c31-21-16-24-25(18-35(30(24)38)26-10-11-28(36)32-29(26)37)27(17-21)33-12-14-34(15-13-33)42(39,40)23-8-6-22(7-9-23)41-19-20-4-2-1-3-5-20/h1-9,16-17,26H,10-15,18-19H2,(H,32,36,37). The first kappa shape index (κ1) is 27.9. The number of piperazine rings is 1. The number of amides is 3. The number of sulfonamides is 1. The lowest BCUT2D eigenvalue weighted by Crippen LogP contribution is -2.52. The van der Waals surface area contributed by atoms with Crippen LogP contribution in [0.3, 0.4) is 0 Å². The minimum absolute atomic E-state index is 0.104. The first-order valence-corrected chi connectivity index (χ1v) is 15.1. The highest BCUT2D eigenvalue weighted by atomic mass is 32.2. The van der Waals surface area contributed by atoms with E-state index in [4.69, 9.17) is 4.74 Å². The van der Waals surface area contributed by atoms with Crippen LogP contribution in [-0.2, 0) is 32.8 Å². The maximum Gasteiger partial charge on any atom is 0.255 e. The summed E-state index contributed by atoms with van der Waals surface area (Å²) in [7, 11) is -3.77. The number of rotatable bonds is 7. The van der Waals surface area contributed by atoms with Crippen LogP contribution in [0.5, 0.6) is 5.75 Å². The second kappa shape index (κ2) is 11.2. The molecule has 1 N–H and O–H groups in total. The third kappa shape index (κ3) is 5.35. The summed E-state index contributed by atoms with van der Waals surface area (Å²) < 4.78 is 48.6. The Morgan fingerprint density at radius 3 is 2.33 bits per heavy atom. The zero-order valence-electron chi connectivity index (χ0n) is 22.7. The minimum atomic E-state index is -3.77. The summed E-state index contributed by atoms with van der Waals surface area (Å²) >= 11 is 0. The number of ether oxygens (including phenoxy) is 1. The summed E-state index contributed by atoms with van der Waals surface area (Å²) in [6.07, 6.45) is 0.330. The van der Waals surface area contributed by atoms with Gasteiger partial charge in [0, 0.05) is 56.0 Å². The van der Waals surface area contributed by atoms with E-state index < -0.39 is 33.7 Å². The molecule has 42 heavy (non-hydrogen) atoms. The van der Waals surface area contributed by atoms with Crippen molar-refractivity contribution in [3.05, 3.63) is 89.2 Å². The molecule has 0 saturated carbocycles. The van der Waals surface area contributed by atoms with Crippen molar-refractivity contribution in [2.24, 2.45) is 0 Å². The number of hydrogen-bond donors (Lipinski definition) is 1. The fraction of sp³-hybridized carbons (Fsp3) is 0.300. The Hall–Kier alpha value is -4.29. The molecule has 3 heterocycles. The number of benzene rings is 3. The SMILES string of the molecule is O=C1CCC(N2Cc3c(cc(F)cc3N3CCN(S(=O)(=O)c4ccc(OCc5ccccc5)cc4)CC3)C2=O)C(=O)N1. The molecule has 3 amide bonds. The van der Waals surface area contributed by atoms with Crippen molar-refractivity contribution in [1.82, 2.24) is 14.5 Å². The normalized spacial score (nSPS) is 19.5. The molecular formula is C30H29FN4O6S. The molecule has 1 atom stereocenters. The van der Waals surface area contributed by atoms with Gasteiger partial charge in [-0.15, -0.1) is 0 Å². The van der Waals surface area contributed by atoms with E-state index in [0.717, 1.165) is 5.56 Å². The molecule has 0 bridgehead atoms. The fourth-order valence-corrected chi connectivity index (χ4v) is 7.08. The predicted molar refractivity (Wildman–Crippen MR) is 151 cm³/mol. The van der Waals surface area contributed by atoms with E-state index in [0.29, 0.717) is 36.7 Å². The molecule has 3 aromatic rings. The first-order valence-electron chi connectivity index (χ1n) is 13.7. The summed E-state index contributed by atoms with van der Waals surface area (Å²) in [5.41, 5.74) is 2.28. The maximum atomic E-state index is 14.7. The monoisotopic (exact) mass is 592 g/mol. The molecule has 10 nitrogen and oxygen atoms in total. The molecule has 3 aliphatic heterocycles. The Balaban J connectivity index is 1.12. The third-order valence-electron chi connectivity index (χ3n) is 7.89. The Bertz CT molecular complexity index is 1640. The lowest BCUT2D eigenvalue weighted by molar-refractivity contribution is -0.136. The number of anilines is 1. The molecule has 0 aromatic heterocycles. The van der Waals surface area contributed by atoms with E-state index in [2.05, 4.69) is 5.32 Å². The molecule has 218 valence electrons. The highest BCUT2D eigenvalue weighted by Crippen LogP contribution is 2.36. The van der Waals surface area contributed by atoms with E-state index in [-0.39, 0.29) is 48.8 Å². The summed E-state index contributed by atoms with van der Waals surface area (Å²) in [5.74, 6) is -1.41. The molecule has 3 aromatic carbocycles. The maximum absolute atomic E-state index is 14.7. The van der Waals surface area contributed by atoms with Crippen LogP contribution < -0.4 is 15.0 Å². The molecule has 1 unspecified atom stereocenters. The van der Waals surface area contributed by atoms with Crippen molar-refractivity contribution in [3.8, 4) is 5.75 Å². The highest BCUT2D eigenvalue weighted by Gasteiger charge is 2.41. The van der Waals surface area contributed by atoms with Gasteiger partial charge in [-0.2, -0.15) is 4.31 Å². The van der Waals surface area contributed by atoms with Gasteiger partial charge in [-0.05, 0) is 48.4 Å². The minimum Gasteiger partial charge on any atom is -0.489 e. The second-order valence-electron chi connectivity index (χ2n) is 10.5. The zero-order valence-corrected chi connectivity index (χ0v) is 23.5. The average Bonchev–Trinajstić information content (AvgIpc) is 3.32. The van der Waals surface area contributed by atoms with Gasteiger partial charge in [-0.25, -0.2) is 12.8 Å². The van der Waals surface area contributed by atoms with Gasteiger partial charge >= 0.3 is 0 Å². The van der Waals surface area contributed by atoms with Gasteiger partial charge in [-0.3, -0.25) is 19.7 Å². The van der Waals surface area contributed by atoms with Crippen LogP contribution in [0.4, 0.5) is 10.1 Å². The number of nitrogens with one attached hydrogen (secondary N) is 1. The smallest absolute Gasteiger partial charge is 0.255 e. The quantitative estimate of drug-likeness (QED) is 0.420. The van der Waals surface area contributed by atoms with Crippen molar-refractivity contribution in [2.45, 2.75) is 36.9 Å². The van der Waals surface area contributed by atoms with Crippen LogP contribution in [0, 0.1) is 5.82 Å². The van der Waals surface area contributed by atoms with Crippen LogP contribution in [-0.4, -0.2) is 67.6 Å². The van der Waals surface area contributed by atoms with Gasteiger partial charge in [0.1, 0.15) is 24.2 Å². The van der Waals surface area contributed by atoms with Crippen molar-refractivity contribution in [2.75, 3.05) is 31.1 Å². The summed E-state index contributed by atoms with van der Waals surface area (Å²) in [5, 5.41) is 2.27. The van der Waals surface area contributed by atoms with Gasteiger partial charge in [-0.1, -0.05) is 30.3 Å². The van der Waals surface area contributed by atoms with E-state index in [1.54, 1.807) is 12.1 Å². The van der Waals surface area contributed by atoms with E-state index in [1.807, 2.05) is 35.2 Å². The van der Waals surface area contributed by atoms with Crippen molar-refractivity contribution in [3.63, 3.8) is 0 Å². The molecular weight excluding hydrogens is 563 g/mol. The van der Waals surface area contributed by atoms with Gasteiger partial charge in [0.05, 0.1) is 4.90 Å². The molecule has 0 radical (unpaired) electrons. The van der Waals surface area contributed by atoms with Gasteiger partial charge in [0.25, 0.3) is 5.91 Å². The van der Waals surface area contributed by atoms with E-state index >= 15 is 0 Å². The van der Waals surface area contributed by atoms with Gasteiger partial charge in [0.2, 0.25) is 21.8 Å². The summed E-state index contributed by atoms with van der Waals surface area (Å²) in [6, 6.07) is 17.7. The Kier molecular flexibility index (Phi) is 7.42. The highest BCUT2D eigenvalue weighted by molar-refractivity contribution is 7.89. The second-order valence-corrected chi connectivity index (χ2v) is 12.4. The van der Waals surface area contributed by atoms with Crippen LogP contribution in [0.15, 0.2) is 71.6 Å². The molecule has 0 spiro atoms. The summed E-state index contributed by atoms with van der Waals surface area (Å²) in [4.78, 5) is 40.6. The largest absolute Gasteiger partial charge is 0.489 e.